The zero-order chi connectivity index (χ0) is 16.3. The third-order valence-electron chi connectivity index (χ3n) is 1.46. The standard InChI is InChI=1S/C8H17N.C3H7N.2C3H7.2W/c1-5-7-9(6-2)8(3)4;1-3(2)4;2*1-3-2;;/h8H,1-2,5-7H2,3-4H3;1,4H2,2H3;2*3H,1-2H3;;/q-2;;2*-1;;. The van der Waals surface area contributed by atoms with Crippen LogP contribution in [0.4, 0.5) is 0 Å². The maximum atomic E-state index is 4.92. The van der Waals surface area contributed by atoms with E-state index in [4.69, 9.17) is 5.73 Å². The number of hydrogen-bond acceptors (Lipinski definition) is 2. The topological polar surface area (TPSA) is 29.3 Å². The summed E-state index contributed by atoms with van der Waals surface area (Å²) < 4.78 is 0. The number of allylic oxidation sites excluding steroid dienone is 1. The van der Waals surface area contributed by atoms with Gasteiger partial charge in [-0.15, -0.1) is 6.54 Å². The van der Waals surface area contributed by atoms with Gasteiger partial charge in [0.1, 0.15) is 0 Å². The first kappa shape index (κ1) is 37.8. The summed E-state index contributed by atoms with van der Waals surface area (Å²) >= 11 is 0. The summed E-state index contributed by atoms with van der Waals surface area (Å²) in [5, 5.41) is 0. The molecule has 0 radical (unpaired) electrons. The van der Waals surface area contributed by atoms with Crippen LogP contribution >= 0.6 is 0 Å². The normalized spacial score (nSPS) is 7.76. The summed E-state index contributed by atoms with van der Waals surface area (Å²) in [7, 11) is 0. The quantitative estimate of drug-likeness (QED) is 0.454. The van der Waals surface area contributed by atoms with Gasteiger partial charge in [-0.1, -0.05) is 6.58 Å². The number of rotatable bonds is 4. The molecule has 0 heterocycles. The molecule has 0 fully saturated rings. The first-order chi connectivity index (χ1) is 8.78. The largest absolute Gasteiger partial charge is 0.403 e. The molecule has 0 spiro atoms. The van der Waals surface area contributed by atoms with Crippen molar-refractivity contribution in [3.63, 3.8) is 0 Å². The van der Waals surface area contributed by atoms with Gasteiger partial charge in [-0.05, 0) is 33.0 Å². The number of nitrogens with zero attached hydrogens (tertiary/aromatic N) is 1. The summed E-state index contributed by atoms with van der Waals surface area (Å²) in [4.78, 5) is 2.30. The Hall–Kier alpha value is 0.877. The molecule has 132 valence electrons. The molecular weight excluding hydrogens is 600 g/mol. The molecule has 0 aromatic heterocycles. The third kappa shape index (κ3) is 76.3. The Morgan fingerprint density at radius 3 is 1.38 bits per heavy atom. The van der Waals surface area contributed by atoms with Crippen LogP contribution in [-0.4, -0.2) is 24.0 Å². The van der Waals surface area contributed by atoms with E-state index in [2.05, 4.69) is 39.2 Å². The Bertz CT molecular complexity index is 146. The maximum Gasteiger partial charge on any atom is 0.000895 e. The van der Waals surface area contributed by atoms with Crippen LogP contribution in [0.15, 0.2) is 12.3 Å². The first-order valence-corrected chi connectivity index (χ1v) is 7.00. The third-order valence-corrected chi connectivity index (χ3v) is 1.46. The molecule has 0 bridgehead atoms. The second-order valence-electron chi connectivity index (χ2n) is 4.48. The zero-order valence-electron chi connectivity index (χ0n) is 15.3. The minimum absolute atomic E-state index is 0. The smallest absolute Gasteiger partial charge is 0.000895 e. The van der Waals surface area contributed by atoms with Gasteiger partial charge in [0.25, 0.3) is 0 Å². The maximum absolute atomic E-state index is 4.92. The van der Waals surface area contributed by atoms with Gasteiger partial charge in [0, 0.05) is 48.2 Å². The van der Waals surface area contributed by atoms with Gasteiger partial charge in [-0.25, -0.2) is 0 Å². The number of hydrogen-bond donors (Lipinski definition) is 1. The van der Waals surface area contributed by atoms with Gasteiger partial charge in [0.15, 0.2) is 0 Å². The molecule has 0 atom stereocenters. The van der Waals surface area contributed by atoms with Crippen molar-refractivity contribution in [1.82, 2.24) is 4.90 Å². The average Bonchev–Trinajstić information content (AvgIpc) is 2.26. The van der Waals surface area contributed by atoms with E-state index in [0.717, 1.165) is 19.5 Å². The fourth-order valence-electron chi connectivity index (χ4n) is 0.831. The van der Waals surface area contributed by atoms with E-state index >= 15 is 0 Å². The van der Waals surface area contributed by atoms with E-state index in [-0.39, 0.29) is 42.1 Å². The fourth-order valence-corrected chi connectivity index (χ4v) is 0.831. The predicted octanol–water partition coefficient (Wildman–Crippen LogP) is 4.69. The van der Waals surface area contributed by atoms with Crippen LogP contribution in [0.2, 0.25) is 0 Å². The minimum Gasteiger partial charge on any atom is -0.403 e. The molecule has 2 N–H and O–H groups in total. The van der Waals surface area contributed by atoms with Crippen molar-refractivity contribution in [2.24, 2.45) is 5.73 Å². The molecular formula is C17H38N2W2-4. The summed E-state index contributed by atoms with van der Waals surface area (Å²) in [6.07, 6.45) is 4.98. The average molecular weight is 638 g/mol. The Labute approximate surface area is 165 Å². The van der Waals surface area contributed by atoms with Crippen molar-refractivity contribution in [1.29, 1.82) is 0 Å². The molecule has 0 rings (SSSR count). The van der Waals surface area contributed by atoms with Crippen LogP contribution in [0.25, 0.3) is 0 Å². The van der Waals surface area contributed by atoms with Crippen LogP contribution in [0.3, 0.4) is 0 Å². The van der Waals surface area contributed by atoms with Crippen molar-refractivity contribution in [3.8, 4) is 0 Å². The minimum atomic E-state index is 0. The molecule has 2 nitrogen and oxygen atoms in total. The summed E-state index contributed by atoms with van der Waals surface area (Å²) in [6, 6.07) is 0.615. The molecule has 0 aliphatic carbocycles. The van der Waals surface area contributed by atoms with E-state index in [1.807, 2.05) is 40.5 Å². The molecule has 0 unspecified atom stereocenters. The van der Waals surface area contributed by atoms with Crippen LogP contribution in [-0.2, 0) is 42.1 Å². The Balaban J connectivity index is -0.0000000400. The van der Waals surface area contributed by atoms with E-state index in [0.29, 0.717) is 11.7 Å². The van der Waals surface area contributed by atoms with E-state index in [9.17, 15) is 0 Å². The Kier molecular flexibility index (Phi) is 67.1. The molecule has 0 saturated heterocycles. The Morgan fingerprint density at radius 2 is 1.33 bits per heavy atom. The molecule has 21 heavy (non-hydrogen) atoms. The summed E-state index contributed by atoms with van der Waals surface area (Å²) in [6.45, 7) is 27.0. The van der Waals surface area contributed by atoms with Crippen LogP contribution in [0.1, 0.15) is 54.9 Å². The molecule has 0 aromatic carbocycles. The molecule has 4 heteroatoms. The predicted molar refractivity (Wildman–Crippen MR) is 92.3 cm³/mol. The van der Waals surface area contributed by atoms with Crippen molar-refractivity contribution < 1.29 is 42.1 Å². The van der Waals surface area contributed by atoms with Crippen LogP contribution < -0.4 is 5.73 Å². The molecule has 0 aliphatic rings. The Morgan fingerprint density at radius 1 is 1.10 bits per heavy atom. The van der Waals surface area contributed by atoms with Crippen molar-refractivity contribution >= 4 is 0 Å². The van der Waals surface area contributed by atoms with Crippen LogP contribution in [0, 0.1) is 26.7 Å². The van der Waals surface area contributed by atoms with Gasteiger partial charge < -0.3 is 37.3 Å². The van der Waals surface area contributed by atoms with Crippen molar-refractivity contribution in [2.75, 3.05) is 13.1 Å². The zero-order valence-corrected chi connectivity index (χ0v) is 21.2. The molecule has 0 saturated carbocycles. The molecule has 0 aliphatic heterocycles. The van der Waals surface area contributed by atoms with Gasteiger partial charge in [-0.3, -0.25) is 0 Å². The van der Waals surface area contributed by atoms with Crippen LogP contribution in [0.5, 0.6) is 0 Å². The van der Waals surface area contributed by atoms with Gasteiger partial charge in [0.2, 0.25) is 0 Å². The SMILES string of the molecule is C=C(C)N.C[CH-]C.C[CH-]C.[CH2-]CCN(C[CH2-])C(C)C.[W].[W]. The van der Waals surface area contributed by atoms with Gasteiger partial charge >= 0.3 is 0 Å². The van der Waals surface area contributed by atoms with E-state index < -0.39 is 0 Å². The number of nitrogens with two attached hydrogens (primary N) is 1. The molecule has 0 amide bonds. The van der Waals surface area contributed by atoms with Crippen molar-refractivity contribution in [3.05, 3.63) is 39.0 Å². The van der Waals surface area contributed by atoms with Gasteiger partial charge in [-0.2, -0.15) is 34.1 Å². The summed E-state index contributed by atoms with van der Waals surface area (Å²) in [5.41, 5.74) is 5.58. The monoisotopic (exact) mass is 638 g/mol. The van der Waals surface area contributed by atoms with E-state index in [1.54, 1.807) is 6.92 Å². The first-order valence-electron chi connectivity index (χ1n) is 7.00. The second kappa shape index (κ2) is 37.3. The van der Waals surface area contributed by atoms with E-state index in [1.165, 1.54) is 0 Å². The summed E-state index contributed by atoms with van der Waals surface area (Å²) in [5.74, 6) is 0. The van der Waals surface area contributed by atoms with Crippen molar-refractivity contribution in [2.45, 2.75) is 60.9 Å². The fraction of sp³-hybridized carbons (Fsp3) is 0.647. The van der Waals surface area contributed by atoms with Gasteiger partial charge in [0.05, 0.1) is 0 Å². The second-order valence-corrected chi connectivity index (χ2v) is 4.48. The molecule has 0 aromatic rings.